The first-order chi connectivity index (χ1) is 13.0. The van der Waals surface area contributed by atoms with Gasteiger partial charge < -0.3 is 15.4 Å². The van der Waals surface area contributed by atoms with Gasteiger partial charge in [-0.05, 0) is 49.3 Å². The molecular weight excluding hydrogens is 362 g/mol. The Morgan fingerprint density at radius 1 is 1.00 bits per heavy atom. The molecule has 142 valence electrons. The molecule has 2 aromatic rings. The highest BCUT2D eigenvalue weighted by Gasteiger charge is 2.14. The number of benzene rings is 2. The molecule has 0 atom stereocenters. The number of anilines is 1. The number of hydrogen-bond acceptors (Lipinski definition) is 4. The number of thiocarbonyl (C=S) groups is 1. The van der Waals surface area contributed by atoms with Crippen molar-refractivity contribution < 1.29 is 14.3 Å². The summed E-state index contributed by atoms with van der Waals surface area (Å²) in [5.41, 5.74) is 2.37. The zero-order chi connectivity index (χ0) is 19.6. The molecule has 0 heterocycles. The molecule has 0 radical (unpaired) electrons. The van der Waals surface area contributed by atoms with E-state index < -0.39 is 0 Å². The van der Waals surface area contributed by atoms with Gasteiger partial charge in [-0.3, -0.25) is 14.9 Å². The number of carbonyl (C=O) groups is 2. The van der Waals surface area contributed by atoms with Crippen molar-refractivity contribution in [3.8, 4) is 0 Å². The van der Waals surface area contributed by atoms with E-state index in [1.165, 1.54) is 0 Å². The molecule has 0 unspecified atom stereocenters. The number of aryl methyl sites for hydroxylation is 1. The second kappa shape index (κ2) is 10.4. The van der Waals surface area contributed by atoms with Crippen molar-refractivity contribution in [3.63, 3.8) is 0 Å². The van der Waals surface area contributed by atoms with Crippen molar-refractivity contribution in [2.75, 3.05) is 25.6 Å². The monoisotopic (exact) mass is 385 g/mol. The first-order valence-electron chi connectivity index (χ1n) is 8.57. The van der Waals surface area contributed by atoms with Crippen LogP contribution in [0.1, 0.15) is 32.7 Å². The molecule has 2 amide bonds. The third kappa shape index (κ3) is 6.16. The number of nitrogens with one attached hydrogen (secondary N) is 3. The van der Waals surface area contributed by atoms with E-state index in [2.05, 4.69) is 16.0 Å². The van der Waals surface area contributed by atoms with Crippen LogP contribution in [0.3, 0.4) is 0 Å². The topological polar surface area (TPSA) is 79.5 Å². The van der Waals surface area contributed by atoms with Crippen LogP contribution in [-0.4, -0.2) is 37.2 Å². The molecule has 0 aromatic heterocycles. The fraction of sp³-hybridized carbons (Fsp3) is 0.250. The highest BCUT2D eigenvalue weighted by Crippen LogP contribution is 2.15. The fourth-order valence-corrected chi connectivity index (χ4v) is 2.66. The van der Waals surface area contributed by atoms with Gasteiger partial charge in [0.25, 0.3) is 11.8 Å². The molecule has 0 aliphatic heterocycles. The largest absolute Gasteiger partial charge is 0.385 e. The Kier molecular flexibility index (Phi) is 7.91. The van der Waals surface area contributed by atoms with Gasteiger partial charge in [-0.15, -0.1) is 0 Å². The summed E-state index contributed by atoms with van der Waals surface area (Å²) in [5, 5.41) is 8.53. The molecule has 6 nitrogen and oxygen atoms in total. The molecule has 0 saturated heterocycles. The minimum Gasteiger partial charge on any atom is -0.385 e. The maximum Gasteiger partial charge on any atom is 0.257 e. The molecule has 7 heteroatoms. The average Bonchev–Trinajstić information content (AvgIpc) is 2.65. The summed E-state index contributed by atoms with van der Waals surface area (Å²) in [6.45, 7) is 2.94. The quantitative estimate of drug-likeness (QED) is 0.505. The van der Waals surface area contributed by atoms with E-state index in [0.29, 0.717) is 30.0 Å². The van der Waals surface area contributed by atoms with Crippen molar-refractivity contribution in [2.24, 2.45) is 0 Å². The Bertz CT molecular complexity index is 824. The number of rotatable bonds is 7. The number of para-hydroxylation sites is 1. The summed E-state index contributed by atoms with van der Waals surface area (Å²) in [4.78, 5) is 24.7. The van der Waals surface area contributed by atoms with Crippen LogP contribution in [0, 0.1) is 6.92 Å². The highest BCUT2D eigenvalue weighted by molar-refractivity contribution is 7.80. The lowest BCUT2D eigenvalue weighted by Gasteiger charge is -2.14. The standard InChI is InChI=1S/C20H23N3O3S/c1-14-8-3-4-9-15(14)19(25)23-20(27)22-17-11-6-5-10-16(17)18(24)21-12-7-13-26-2/h3-6,8-11H,7,12-13H2,1-2H3,(H,21,24)(H2,22,23,25,27). The van der Waals surface area contributed by atoms with E-state index in [1.54, 1.807) is 43.5 Å². The van der Waals surface area contributed by atoms with Crippen LogP contribution in [0.2, 0.25) is 0 Å². The summed E-state index contributed by atoms with van der Waals surface area (Å²) < 4.78 is 4.97. The molecule has 27 heavy (non-hydrogen) atoms. The number of carbonyl (C=O) groups excluding carboxylic acids is 2. The molecule has 0 aliphatic rings. The van der Waals surface area contributed by atoms with E-state index >= 15 is 0 Å². The minimum absolute atomic E-state index is 0.128. The first kappa shape index (κ1) is 20.5. The van der Waals surface area contributed by atoms with E-state index in [4.69, 9.17) is 17.0 Å². The third-order valence-electron chi connectivity index (χ3n) is 3.85. The van der Waals surface area contributed by atoms with Gasteiger partial charge in [0.05, 0.1) is 11.3 Å². The average molecular weight is 385 g/mol. The predicted octanol–water partition coefficient (Wildman–Crippen LogP) is 2.89. The van der Waals surface area contributed by atoms with Crippen LogP contribution in [0.15, 0.2) is 48.5 Å². The lowest BCUT2D eigenvalue weighted by atomic mass is 10.1. The zero-order valence-corrected chi connectivity index (χ0v) is 16.2. The van der Waals surface area contributed by atoms with Crippen molar-refractivity contribution in [2.45, 2.75) is 13.3 Å². The lowest BCUT2D eigenvalue weighted by Crippen LogP contribution is -2.35. The highest BCUT2D eigenvalue weighted by atomic mass is 32.1. The van der Waals surface area contributed by atoms with E-state index in [0.717, 1.165) is 12.0 Å². The van der Waals surface area contributed by atoms with Gasteiger partial charge >= 0.3 is 0 Å². The van der Waals surface area contributed by atoms with E-state index in [1.807, 2.05) is 19.1 Å². The van der Waals surface area contributed by atoms with Gasteiger partial charge in [0.2, 0.25) is 0 Å². The first-order valence-corrected chi connectivity index (χ1v) is 8.98. The Labute approximate surface area is 164 Å². The second-order valence-corrected chi connectivity index (χ2v) is 6.28. The second-order valence-electron chi connectivity index (χ2n) is 5.87. The fourth-order valence-electron chi connectivity index (χ4n) is 2.46. The number of ether oxygens (including phenoxy) is 1. The van der Waals surface area contributed by atoms with Gasteiger partial charge in [-0.1, -0.05) is 30.3 Å². The number of hydrogen-bond donors (Lipinski definition) is 3. The van der Waals surface area contributed by atoms with Gasteiger partial charge in [0, 0.05) is 25.8 Å². The SMILES string of the molecule is COCCCNC(=O)c1ccccc1NC(=S)NC(=O)c1ccccc1C. The predicted molar refractivity (Wildman–Crippen MR) is 110 cm³/mol. The van der Waals surface area contributed by atoms with Gasteiger partial charge in [0.15, 0.2) is 5.11 Å². The van der Waals surface area contributed by atoms with Crippen LogP contribution in [0.25, 0.3) is 0 Å². The molecule has 0 spiro atoms. The molecule has 2 rings (SSSR count). The van der Waals surface area contributed by atoms with Gasteiger partial charge in [-0.2, -0.15) is 0 Å². The lowest BCUT2D eigenvalue weighted by molar-refractivity contribution is 0.0947. The van der Waals surface area contributed by atoms with Crippen LogP contribution in [0.5, 0.6) is 0 Å². The summed E-state index contributed by atoms with van der Waals surface area (Å²) in [6.07, 6.45) is 0.725. The minimum atomic E-state index is -0.299. The van der Waals surface area contributed by atoms with Gasteiger partial charge in [0.1, 0.15) is 0 Å². The summed E-state index contributed by atoms with van der Waals surface area (Å²) >= 11 is 5.23. The van der Waals surface area contributed by atoms with Crippen LogP contribution >= 0.6 is 12.2 Å². The van der Waals surface area contributed by atoms with Crippen LogP contribution < -0.4 is 16.0 Å². The number of amides is 2. The van der Waals surface area contributed by atoms with Gasteiger partial charge in [-0.25, -0.2) is 0 Å². The third-order valence-corrected chi connectivity index (χ3v) is 4.05. The molecule has 0 bridgehead atoms. The van der Waals surface area contributed by atoms with E-state index in [9.17, 15) is 9.59 Å². The zero-order valence-electron chi connectivity index (χ0n) is 15.4. The molecule has 3 N–H and O–H groups in total. The Balaban J connectivity index is 2.00. The smallest absolute Gasteiger partial charge is 0.257 e. The van der Waals surface area contributed by atoms with Crippen molar-refractivity contribution >= 4 is 34.8 Å². The molecule has 2 aromatic carbocycles. The van der Waals surface area contributed by atoms with Crippen LogP contribution in [-0.2, 0) is 4.74 Å². The van der Waals surface area contributed by atoms with E-state index in [-0.39, 0.29) is 16.9 Å². The molecule has 0 fully saturated rings. The Morgan fingerprint density at radius 2 is 1.67 bits per heavy atom. The summed E-state index contributed by atoms with van der Waals surface area (Å²) in [7, 11) is 1.62. The van der Waals surface area contributed by atoms with Crippen LogP contribution in [0.4, 0.5) is 5.69 Å². The van der Waals surface area contributed by atoms with Crippen molar-refractivity contribution in [3.05, 3.63) is 65.2 Å². The molecule has 0 aliphatic carbocycles. The number of methoxy groups -OCH3 is 1. The Hall–Kier alpha value is -2.77. The van der Waals surface area contributed by atoms with Crippen molar-refractivity contribution in [1.82, 2.24) is 10.6 Å². The Morgan fingerprint density at radius 3 is 2.37 bits per heavy atom. The summed E-state index contributed by atoms with van der Waals surface area (Å²) in [6, 6.07) is 14.2. The molecule has 0 saturated carbocycles. The normalized spacial score (nSPS) is 10.1. The molecular formula is C20H23N3O3S. The maximum atomic E-state index is 12.4. The summed E-state index contributed by atoms with van der Waals surface area (Å²) in [5.74, 6) is -0.519. The van der Waals surface area contributed by atoms with Crippen molar-refractivity contribution in [1.29, 1.82) is 0 Å². The maximum absolute atomic E-state index is 12.4.